The van der Waals surface area contributed by atoms with Gasteiger partial charge in [-0.3, -0.25) is 23.5 Å². The van der Waals surface area contributed by atoms with E-state index in [1.54, 1.807) is 0 Å². The molecule has 0 bridgehead atoms. The number of nitrogens with two attached hydrogens (primary N) is 1. The number of alkyl halides is 1. The molecule has 2 aliphatic rings. The Hall–Kier alpha value is -3.15. The van der Waals surface area contributed by atoms with Crippen LogP contribution in [0.1, 0.15) is 12.5 Å². The van der Waals surface area contributed by atoms with Crippen molar-refractivity contribution in [3.63, 3.8) is 0 Å². The van der Waals surface area contributed by atoms with Crippen molar-refractivity contribution < 1.29 is 56.7 Å². The van der Waals surface area contributed by atoms with Gasteiger partial charge in [-0.1, -0.05) is 16.8 Å². The minimum absolute atomic E-state index is 0.0172. The number of imidazole rings is 2. The first kappa shape index (κ1) is 33.7. The first-order chi connectivity index (χ1) is 22.4. The predicted molar refractivity (Wildman–Crippen MR) is 160 cm³/mol. The number of aromatic nitrogens is 8. The molecule has 26 heteroatoms. The van der Waals surface area contributed by atoms with Gasteiger partial charge in [-0.2, -0.15) is 4.52 Å². The maximum absolute atomic E-state index is 15.9. The van der Waals surface area contributed by atoms with E-state index >= 15 is 4.39 Å². The number of nitrogen functional groups attached to an aromatic ring is 1. The third kappa shape index (κ3) is 6.63. The van der Waals surface area contributed by atoms with Crippen molar-refractivity contribution in [3.8, 4) is 0 Å². The van der Waals surface area contributed by atoms with Crippen LogP contribution in [-0.2, 0) is 44.4 Å². The molecule has 2 saturated heterocycles. The van der Waals surface area contributed by atoms with E-state index in [2.05, 4.69) is 59.7 Å². The zero-order valence-corrected chi connectivity index (χ0v) is 26.7. The maximum atomic E-state index is 15.9. The van der Waals surface area contributed by atoms with Crippen LogP contribution in [0, 0.1) is 0 Å². The van der Waals surface area contributed by atoms with Crippen LogP contribution in [0.25, 0.3) is 22.3 Å². The number of ether oxygens (including phenoxy) is 2. The number of thiol groups is 1. The fourth-order valence-electron chi connectivity index (χ4n) is 5.14. The number of nitrogens with zero attached hydrogens (tertiary/aromatic N) is 8. The minimum Gasteiger partial charge on any atom is -0.465 e. The van der Waals surface area contributed by atoms with Crippen LogP contribution >= 0.6 is 26.3 Å². The zero-order chi connectivity index (χ0) is 33.6. The molecule has 6 rings (SSSR count). The van der Waals surface area contributed by atoms with Gasteiger partial charge in [0.05, 0.1) is 25.9 Å². The molecule has 2 unspecified atom stereocenters. The molecule has 6 N–H and O–H groups in total. The summed E-state index contributed by atoms with van der Waals surface area (Å²) in [5.74, 6) is -0.104. The topological polar surface area (TPSA) is 283 Å². The van der Waals surface area contributed by atoms with Crippen LogP contribution in [0.15, 0.2) is 25.3 Å². The highest BCUT2D eigenvalue weighted by atomic mass is 32.7. The van der Waals surface area contributed by atoms with Crippen molar-refractivity contribution in [1.29, 1.82) is 0 Å². The average Bonchev–Trinajstić information content (AvgIpc) is 3.77. The van der Waals surface area contributed by atoms with Crippen molar-refractivity contribution >= 4 is 78.6 Å². The summed E-state index contributed by atoms with van der Waals surface area (Å²) in [5, 5.41) is 32.0. The molecule has 0 saturated carbocycles. The molecule has 2 aliphatic heterocycles. The van der Waals surface area contributed by atoms with Gasteiger partial charge in [0.1, 0.15) is 42.6 Å². The van der Waals surface area contributed by atoms with Crippen molar-refractivity contribution in [2.75, 3.05) is 24.3 Å². The molecular weight excluding hydrogens is 713 g/mol. The molecule has 0 spiro atoms. The highest BCUT2D eigenvalue weighted by molar-refractivity contribution is 8.44. The number of aliphatic hydroxyl groups is 2. The Labute approximate surface area is 272 Å². The fourth-order valence-corrected chi connectivity index (χ4v) is 7.38. The van der Waals surface area contributed by atoms with Gasteiger partial charge in [-0.25, -0.2) is 43.7 Å². The second kappa shape index (κ2) is 13.4. The molecule has 4 aromatic rings. The van der Waals surface area contributed by atoms with E-state index in [1.165, 1.54) is 17.2 Å². The Morgan fingerprint density at radius 1 is 1.09 bits per heavy atom. The molecule has 0 radical (unpaired) electrons. The van der Waals surface area contributed by atoms with Gasteiger partial charge < -0.3 is 42.8 Å². The van der Waals surface area contributed by atoms with Crippen LogP contribution in [0.4, 0.5) is 20.8 Å². The van der Waals surface area contributed by atoms with E-state index in [-0.39, 0.29) is 34.0 Å². The molecule has 10 atom stereocenters. The lowest BCUT2D eigenvalue weighted by Crippen LogP contribution is -2.35. The number of aliphatic hydroxyl groups excluding tert-OH is 2. The lowest BCUT2D eigenvalue weighted by Gasteiger charge is -2.23. The van der Waals surface area contributed by atoms with Gasteiger partial charge >= 0.3 is 20.1 Å². The van der Waals surface area contributed by atoms with E-state index in [0.29, 0.717) is 0 Å². The number of halogens is 1. The van der Waals surface area contributed by atoms with Gasteiger partial charge in [0.2, 0.25) is 0 Å². The quantitative estimate of drug-likeness (QED) is 0.0707. The number of hydrogen-bond acceptors (Lipinski definition) is 18. The van der Waals surface area contributed by atoms with E-state index in [1.807, 2.05) is 0 Å². The Bertz CT molecular complexity index is 1870. The lowest BCUT2D eigenvalue weighted by molar-refractivity contribution is -0.0522. The third-order valence-corrected chi connectivity index (χ3v) is 9.43. The maximum Gasteiger partial charge on any atom is 0.410 e. The first-order valence-corrected chi connectivity index (χ1v) is 18.1. The molecule has 1 amide bonds. The fraction of sp³-hybridized carbons (Fsp3) is 0.476. The van der Waals surface area contributed by atoms with Gasteiger partial charge in [-0.15, -0.1) is 0 Å². The number of hydrogen-bond donors (Lipinski definition) is 6. The minimum atomic E-state index is -4.50. The van der Waals surface area contributed by atoms with E-state index in [0.717, 1.165) is 17.2 Å². The molecule has 0 aliphatic carbocycles. The number of nitrogens with one attached hydrogen (secondary N) is 1. The van der Waals surface area contributed by atoms with Gasteiger partial charge in [-0.05, 0) is 0 Å². The van der Waals surface area contributed by atoms with Crippen LogP contribution in [0.2, 0.25) is 0 Å². The molecular formula is C21H23FN10O11P2S2. The van der Waals surface area contributed by atoms with Crippen molar-refractivity contribution in [2.45, 2.75) is 49.1 Å². The molecule has 47 heavy (non-hydrogen) atoms. The Balaban J connectivity index is 1.17. The number of carboxylic acid groups (broad SMARTS) is 1. The van der Waals surface area contributed by atoms with Gasteiger partial charge in [0, 0.05) is 0 Å². The normalized spacial score (nSPS) is 29.3. The van der Waals surface area contributed by atoms with Crippen LogP contribution in [0.3, 0.4) is 0 Å². The summed E-state index contributed by atoms with van der Waals surface area (Å²) in [6.07, 6.45) is -8.97. The van der Waals surface area contributed by atoms with Crippen LogP contribution in [-0.4, -0.2) is 110 Å². The highest BCUT2D eigenvalue weighted by Gasteiger charge is 2.52. The lowest BCUT2D eigenvalue weighted by atomic mass is 10.1. The molecule has 252 valence electrons. The molecule has 2 fully saturated rings. The SMILES string of the molecule is Nc1ncnc2c1ncn2[C@@H]1O[C@H](COP(=O)(S)O[C@H]2[C@@H](F)[C@H](n3cnc4c(NC(=O)O)ncnc43)O[C@@H]2CO)[C@@H](O[P+](=O)[S-])[C@H]1O. The summed E-state index contributed by atoms with van der Waals surface area (Å²) in [6, 6.07) is 0. The van der Waals surface area contributed by atoms with E-state index in [9.17, 15) is 24.1 Å². The standard InChI is InChI=1S/C21H23FN10O11P2S2/c22-9-13(7(1-33)40-19(9)31-6-29-11-16(30-21(35)36)25-4-27-18(11)31)43-45(38,47)39-2-8-14(42-44(37)46)12(34)20(41-8)32-5-28-10-15(23)24-3-26-17(10)32/h3-9,12-14,19-20,33-34H,1-2H2,(H,35,36)(H,38,47)(H2,23,24,26)(H,25,27,30)/t7-,8-,9-,12-,13-,14-,19-,20-,45?/m1/s1. The van der Waals surface area contributed by atoms with Crippen LogP contribution < -0.4 is 11.1 Å². The summed E-state index contributed by atoms with van der Waals surface area (Å²) in [7, 11) is -2.68. The predicted octanol–water partition coefficient (Wildman–Crippen LogP) is 0.854. The highest BCUT2D eigenvalue weighted by Crippen LogP contribution is 2.57. The number of rotatable bonds is 11. The second-order valence-electron chi connectivity index (χ2n) is 9.94. The van der Waals surface area contributed by atoms with Gasteiger partial charge in [0.15, 0.2) is 53.2 Å². The van der Waals surface area contributed by atoms with Gasteiger partial charge in [0.25, 0.3) is 0 Å². The van der Waals surface area contributed by atoms with Crippen LogP contribution in [0.5, 0.6) is 0 Å². The summed E-state index contributed by atoms with van der Waals surface area (Å²) in [4.78, 5) is 35.0. The number of amides is 1. The first-order valence-electron chi connectivity index (χ1n) is 13.2. The summed E-state index contributed by atoms with van der Waals surface area (Å²) in [5.41, 5.74) is 6.21. The third-order valence-electron chi connectivity index (χ3n) is 7.14. The Morgan fingerprint density at radius 2 is 1.72 bits per heavy atom. The number of fused-ring (bicyclic) bond motifs is 2. The van der Waals surface area contributed by atoms with Crippen molar-refractivity contribution in [2.24, 2.45) is 0 Å². The summed E-state index contributed by atoms with van der Waals surface area (Å²) < 4.78 is 71.0. The second-order valence-corrected chi connectivity index (χ2v) is 14.4. The van der Waals surface area contributed by atoms with Crippen molar-refractivity contribution in [3.05, 3.63) is 25.3 Å². The summed E-state index contributed by atoms with van der Waals surface area (Å²) in [6.45, 7) is -5.93. The largest absolute Gasteiger partial charge is 0.465 e. The monoisotopic (exact) mass is 736 g/mol. The van der Waals surface area contributed by atoms with E-state index in [4.69, 9.17) is 33.9 Å². The molecule has 6 heterocycles. The zero-order valence-electron chi connectivity index (χ0n) is 23.2. The van der Waals surface area contributed by atoms with E-state index < -0.39 is 82.5 Å². The van der Waals surface area contributed by atoms with Crippen molar-refractivity contribution in [1.82, 2.24) is 39.0 Å². The molecule has 0 aromatic carbocycles. The summed E-state index contributed by atoms with van der Waals surface area (Å²) >= 11 is 8.60. The average molecular weight is 737 g/mol. The number of anilines is 2. The molecule has 21 nitrogen and oxygen atoms in total. The molecule has 4 aromatic heterocycles. The Kier molecular flexibility index (Phi) is 9.62. The smallest absolute Gasteiger partial charge is 0.410 e. The number of carbonyl (C=O) groups is 1. The Morgan fingerprint density at radius 3 is 2.40 bits per heavy atom.